The number of aliphatic hydroxyl groups excluding tert-OH is 1. The molecule has 0 spiro atoms. The average molecular weight is 565 g/mol. The van der Waals surface area contributed by atoms with Crippen molar-refractivity contribution in [2.75, 3.05) is 0 Å². The lowest BCUT2D eigenvalue weighted by atomic mass is 9.88. The molecule has 9 nitrogen and oxygen atoms in total. The second-order valence-corrected chi connectivity index (χ2v) is 12.2. The number of rotatable bonds is 9. The molecule has 210 valence electrons. The largest absolute Gasteiger partial charge is 0.480 e. The fraction of sp³-hybridized carbons (Fsp3) is 0.333. The van der Waals surface area contributed by atoms with Gasteiger partial charge in [0.1, 0.15) is 6.04 Å². The predicted molar refractivity (Wildman–Crippen MR) is 147 cm³/mol. The maximum Gasteiger partial charge on any atom is 0.322 e. The maximum atomic E-state index is 13.2. The van der Waals surface area contributed by atoms with Gasteiger partial charge in [-0.05, 0) is 42.2 Å². The molecule has 0 aromatic heterocycles. The van der Waals surface area contributed by atoms with Gasteiger partial charge in [0.2, 0.25) is 15.9 Å². The van der Waals surface area contributed by atoms with Crippen molar-refractivity contribution in [3.8, 4) is 0 Å². The molecule has 0 saturated carbocycles. The molecule has 3 aromatic carbocycles. The van der Waals surface area contributed by atoms with Crippen LogP contribution in [0, 0.1) is 12.8 Å². The van der Waals surface area contributed by atoms with E-state index < -0.39 is 58.2 Å². The molecule has 0 unspecified atom stereocenters. The van der Waals surface area contributed by atoms with E-state index in [1.54, 1.807) is 12.1 Å². The first-order valence-electron chi connectivity index (χ1n) is 13.2. The van der Waals surface area contributed by atoms with Gasteiger partial charge in [-0.2, -0.15) is 4.72 Å². The third kappa shape index (κ3) is 5.95. The maximum absolute atomic E-state index is 13.2. The molecular formula is C30H32N2O7S. The lowest BCUT2D eigenvalue weighted by molar-refractivity contribution is -0.141. The van der Waals surface area contributed by atoms with Crippen LogP contribution in [-0.4, -0.2) is 48.8 Å². The monoisotopic (exact) mass is 564 g/mol. The second-order valence-electron chi connectivity index (χ2n) is 10.4. The van der Waals surface area contributed by atoms with Crippen LogP contribution in [0.15, 0.2) is 83.8 Å². The Kier molecular flexibility index (Phi) is 8.04. The zero-order valence-electron chi connectivity index (χ0n) is 21.9. The molecule has 40 heavy (non-hydrogen) atoms. The van der Waals surface area contributed by atoms with Crippen LogP contribution >= 0.6 is 0 Å². The molecule has 1 amide bonds. The average Bonchev–Trinajstić information content (AvgIpc) is 3.48. The highest BCUT2D eigenvalue weighted by Gasteiger charge is 2.46. The highest BCUT2D eigenvalue weighted by molar-refractivity contribution is 7.89. The smallest absolute Gasteiger partial charge is 0.322 e. The van der Waals surface area contributed by atoms with Gasteiger partial charge in [-0.15, -0.1) is 0 Å². The zero-order chi connectivity index (χ0) is 28.4. The molecule has 3 aromatic rings. The Morgan fingerprint density at radius 3 is 2.38 bits per heavy atom. The number of aryl methyl sites for hydroxylation is 1. The van der Waals surface area contributed by atoms with E-state index in [1.807, 2.05) is 61.5 Å². The van der Waals surface area contributed by atoms with Gasteiger partial charge in [-0.1, -0.05) is 72.3 Å². The highest BCUT2D eigenvalue weighted by Crippen LogP contribution is 2.41. The summed E-state index contributed by atoms with van der Waals surface area (Å²) >= 11 is 0. The number of hydrogen-bond acceptors (Lipinski definition) is 6. The van der Waals surface area contributed by atoms with Gasteiger partial charge in [0.25, 0.3) is 0 Å². The molecule has 4 N–H and O–H groups in total. The van der Waals surface area contributed by atoms with Crippen LogP contribution in [0.3, 0.4) is 0 Å². The normalized spacial score (nSPS) is 24.8. The first kappa shape index (κ1) is 28.0. The molecule has 5 rings (SSSR count). The van der Waals surface area contributed by atoms with E-state index in [1.165, 1.54) is 12.1 Å². The van der Waals surface area contributed by atoms with Crippen molar-refractivity contribution in [3.05, 3.63) is 101 Å². The Morgan fingerprint density at radius 1 is 1.00 bits per heavy atom. The molecule has 1 aliphatic carbocycles. The van der Waals surface area contributed by atoms with Gasteiger partial charge in [-0.25, -0.2) is 8.42 Å². The van der Waals surface area contributed by atoms with Crippen LogP contribution in [0.4, 0.5) is 0 Å². The molecular weight excluding hydrogens is 532 g/mol. The molecule has 2 aliphatic rings. The number of nitrogens with one attached hydrogen (secondary N) is 2. The number of carbonyl (C=O) groups is 2. The number of aliphatic carboxylic acids is 1. The number of aliphatic hydroxyl groups is 1. The molecule has 1 saturated heterocycles. The Hall–Kier alpha value is -3.57. The minimum absolute atomic E-state index is 0.0499. The number of ether oxygens (including phenoxy) is 1. The van der Waals surface area contributed by atoms with Crippen LogP contribution in [0.5, 0.6) is 0 Å². The predicted octanol–water partition coefficient (Wildman–Crippen LogP) is 3.04. The topological polar surface area (TPSA) is 142 Å². The summed E-state index contributed by atoms with van der Waals surface area (Å²) in [4.78, 5) is 25.7. The number of benzene rings is 3. The molecule has 1 fully saturated rings. The Morgan fingerprint density at radius 2 is 1.68 bits per heavy atom. The van der Waals surface area contributed by atoms with E-state index in [9.17, 15) is 28.2 Å². The third-order valence-electron chi connectivity index (χ3n) is 7.69. The molecule has 1 heterocycles. The number of fused-ring (bicyclic) bond motifs is 1. The third-order valence-corrected chi connectivity index (χ3v) is 9.15. The van der Waals surface area contributed by atoms with Crippen molar-refractivity contribution >= 4 is 21.9 Å². The Balaban J connectivity index is 1.38. The van der Waals surface area contributed by atoms with Crippen molar-refractivity contribution in [1.29, 1.82) is 0 Å². The molecule has 0 radical (unpaired) electrons. The van der Waals surface area contributed by atoms with Gasteiger partial charge >= 0.3 is 5.97 Å². The van der Waals surface area contributed by atoms with Gasteiger partial charge in [0, 0.05) is 12.3 Å². The SMILES string of the molecule is Cc1ccc(S(=O)(=O)N[C@@H](C(=O)O)[C@H]2C[C@H](c3ccccc3)O[C@@H]2CC(=O)N[C@H]2c3ccccc3C[C@H]2O)cc1. The van der Waals surface area contributed by atoms with Crippen molar-refractivity contribution in [2.45, 2.75) is 61.5 Å². The summed E-state index contributed by atoms with van der Waals surface area (Å²) in [5.41, 5.74) is 3.46. The van der Waals surface area contributed by atoms with E-state index >= 15 is 0 Å². The van der Waals surface area contributed by atoms with Crippen molar-refractivity contribution < 1.29 is 33.0 Å². The van der Waals surface area contributed by atoms with E-state index in [4.69, 9.17) is 4.74 Å². The molecule has 1 aliphatic heterocycles. The Labute approximate surface area is 233 Å². The minimum Gasteiger partial charge on any atom is -0.480 e. The summed E-state index contributed by atoms with van der Waals surface area (Å²) in [5.74, 6) is -2.62. The standard InChI is InChI=1S/C30H32N2O7S/c1-18-11-13-21(14-12-18)40(37,38)32-29(30(35)36)23-16-25(19-7-3-2-4-8-19)39-26(23)17-27(34)31-28-22-10-6-5-9-20(22)15-24(28)33/h2-14,23-26,28-29,32-33H,15-17H2,1H3,(H,31,34)(H,35,36)/t23-,24+,25+,26+,28-,29+/m0/s1. The summed E-state index contributed by atoms with van der Waals surface area (Å²) in [6.07, 6.45) is -1.78. The molecule has 0 bridgehead atoms. The molecule has 10 heteroatoms. The first-order valence-corrected chi connectivity index (χ1v) is 14.7. The van der Waals surface area contributed by atoms with E-state index in [0.717, 1.165) is 22.3 Å². The van der Waals surface area contributed by atoms with Gasteiger partial charge in [0.05, 0.1) is 35.7 Å². The number of carboxylic acid groups (broad SMARTS) is 1. The summed E-state index contributed by atoms with van der Waals surface area (Å²) in [6, 6.07) is 20.7. The number of carbonyl (C=O) groups excluding carboxylic acids is 1. The number of amides is 1. The summed E-state index contributed by atoms with van der Waals surface area (Å²) in [7, 11) is -4.17. The summed E-state index contributed by atoms with van der Waals surface area (Å²) in [6.45, 7) is 1.82. The minimum atomic E-state index is -4.17. The van der Waals surface area contributed by atoms with E-state index in [-0.39, 0.29) is 17.7 Å². The van der Waals surface area contributed by atoms with Crippen LogP contribution in [0.25, 0.3) is 0 Å². The zero-order valence-corrected chi connectivity index (χ0v) is 22.8. The molecule has 6 atom stereocenters. The highest BCUT2D eigenvalue weighted by atomic mass is 32.2. The number of carboxylic acids is 1. The van der Waals surface area contributed by atoms with E-state index in [2.05, 4.69) is 10.0 Å². The fourth-order valence-corrected chi connectivity index (χ4v) is 6.88. The van der Waals surface area contributed by atoms with Crippen LogP contribution in [0.2, 0.25) is 0 Å². The van der Waals surface area contributed by atoms with Gasteiger partial charge < -0.3 is 20.3 Å². The van der Waals surface area contributed by atoms with Crippen molar-refractivity contribution in [1.82, 2.24) is 10.0 Å². The Bertz CT molecular complexity index is 1480. The number of hydrogen-bond donors (Lipinski definition) is 4. The lowest BCUT2D eigenvalue weighted by Crippen LogP contribution is -2.49. The van der Waals surface area contributed by atoms with Crippen LogP contribution in [-0.2, 0) is 30.8 Å². The van der Waals surface area contributed by atoms with Crippen molar-refractivity contribution in [3.63, 3.8) is 0 Å². The summed E-state index contributed by atoms with van der Waals surface area (Å²) in [5, 5.41) is 23.6. The fourth-order valence-electron chi connectivity index (χ4n) is 5.64. The van der Waals surface area contributed by atoms with Crippen molar-refractivity contribution in [2.24, 2.45) is 5.92 Å². The van der Waals surface area contributed by atoms with Gasteiger partial charge in [0.15, 0.2) is 0 Å². The van der Waals surface area contributed by atoms with Crippen LogP contribution < -0.4 is 10.0 Å². The first-order chi connectivity index (χ1) is 19.1. The number of sulfonamides is 1. The summed E-state index contributed by atoms with van der Waals surface area (Å²) < 4.78 is 34.9. The van der Waals surface area contributed by atoms with Crippen LogP contribution in [0.1, 0.15) is 47.2 Å². The van der Waals surface area contributed by atoms with E-state index in [0.29, 0.717) is 6.42 Å². The lowest BCUT2D eigenvalue weighted by Gasteiger charge is -2.26. The second kappa shape index (κ2) is 11.5. The quantitative estimate of drug-likeness (QED) is 0.313. The van der Waals surface area contributed by atoms with Gasteiger partial charge in [-0.3, -0.25) is 9.59 Å².